The molecule has 1 N–H and O–H groups in total. The van der Waals surface area contributed by atoms with Crippen molar-refractivity contribution in [3.8, 4) is 5.75 Å². The maximum Gasteiger partial charge on any atom is 0.254 e. The Morgan fingerprint density at radius 2 is 2.03 bits per heavy atom. The molecule has 156 valence electrons. The molecule has 30 heavy (non-hydrogen) atoms. The molecule has 3 aromatic rings. The van der Waals surface area contributed by atoms with Crippen molar-refractivity contribution in [2.45, 2.75) is 26.4 Å². The number of anilines is 1. The van der Waals surface area contributed by atoms with Crippen LogP contribution in [0.25, 0.3) is 0 Å². The van der Waals surface area contributed by atoms with E-state index in [1.54, 1.807) is 18.3 Å². The molecule has 1 aromatic heterocycles. The summed E-state index contributed by atoms with van der Waals surface area (Å²) in [5, 5.41) is 3.07. The normalized spacial score (nSPS) is 13.3. The Labute approximate surface area is 175 Å². The number of aromatic nitrogens is 2. The van der Waals surface area contributed by atoms with Crippen LogP contribution >= 0.6 is 0 Å². The van der Waals surface area contributed by atoms with Crippen LogP contribution < -0.4 is 10.1 Å². The predicted octanol–water partition coefficient (Wildman–Crippen LogP) is 3.63. The lowest BCUT2D eigenvalue weighted by Crippen LogP contribution is -2.37. The molecule has 4 rings (SSSR count). The third kappa shape index (κ3) is 3.75. The zero-order valence-electron chi connectivity index (χ0n) is 17.4. The van der Waals surface area contributed by atoms with Crippen LogP contribution in [0.2, 0.25) is 0 Å². The number of imidazole rings is 1. The quantitative estimate of drug-likeness (QED) is 0.677. The topological polar surface area (TPSA) is 59.4 Å². The summed E-state index contributed by atoms with van der Waals surface area (Å²) < 4.78 is 20.8. The van der Waals surface area contributed by atoms with Gasteiger partial charge in [-0.15, -0.1) is 0 Å². The van der Waals surface area contributed by atoms with E-state index in [2.05, 4.69) is 23.3 Å². The number of halogens is 1. The highest BCUT2D eigenvalue weighted by Crippen LogP contribution is 2.27. The largest absolute Gasteiger partial charge is 0.494 e. The molecule has 1 aliphatic rings. The second kappa shape index (κ2) is 8.18. The minimum atomic E-state index is -0.405. The molecule has 2 aromatic carbocycles. The molecule has 0 saturated heterocycles. The van der Waals surface area contributed by atoms with E-state index in [9.17, 15) is 9.18 Å². The number of amides is 1. The first-order chi connectivity index (χ1) is 14.5. The highest BCUT2D eigenvalue weighted by Gasteiger charge is 2.26. The molecule has 7 heteroatoms. The third-order valence-electron chi connectivity index (χ3n) is 5.56. The monoisotopic (exact) mass is 408 g/mol. The van der Waals surface area contributed by atoms with Crippen molar-refractivity contribution in [3.63, 3.8) is 0 Å². The van der Waals surface area contributed by atoms with E-state index in [-0.39, 0.29) is 11.7 Å². The fraction of sp³-hybridized carbons (Fsp3) is 0.304. The molecule has 0 fully saturated rings. The Morgan fingerprint density at radius 1 is 1.20 bits per heavy atom. The van der Waals surface area contributed by atoms with Gasteiger partial charge in [-0.3, -0.25) is 4.79 Å². The molecule has 1 amide bonds. The van der Waals surface area contributed by atoms with Gasteiger partial charge in [-0.2, -0.15) is 0 Å². The fourth-order valence-electron chi connectivity index (χ4n) is 4.06. The van der Waals surface area contributed by atoms with Crippen molar-refractivity contribution < 1.29 is 13.9 Å². The minimum Gasteiger partial charge on any atom is -0.494 e. The lowest BCUT2D eigenvalue weighted by molar-refractivity contribution is 0.0726. The number of fused-ring (bicyclic) bond motifs is 1. The summed E-state index contributed by atoms with van der Waals surface area (Å²) in [4.78, 5) is 19.4. The van der Waals surface area contributed by atoms with E-state index in [1.165, 1.54) is 13.2 Å². The number of carbonyl (C=O) groups is 1. The number of benzene rings is 2. The number of rotatable bonds is 6. The first kappa shape index (κ1) is 19.9. The Morgan fingerprint density at radius 3 is 2.80 bits per heavy atom. The van der Waals surface area contributed by atoms with Gasteiger partial charge in [0, 0.05) is 38.1 Å². The van der Waals surface area contributed by atoms with Crippen molar-refractivity contribution >= 4 is 11.9 Å². The molecule has 1 aliphatic heterocycles. The molecule has 6 nitrogen and oxygen atoms in total. The molecular weight excluding hydrogens is 383 g/mol. The molecule has 0 radical (unpaired) electrons. The van der Waals surface area contributed by atoms with Gasteiger partial charge in [0.1, 0.15) is 0 Å². The van der Waals surface area contributed by atoms with Crippen molar-refractivity contribution in [3.05, 3.63) is 76.4 Å². The van der Waals surface area contributed by atoms with Crippen LogP contribution in [-0.2, 0) is 19.5 Å². The van der Waals surface area contributed by atoms with E-state index in [0.29, 0.717) is 19.6 Å². The molecule has 0 bridgehead atoms. The van der Waals surface area contributed by atoms with Gasteiger partial charge in [0.15, 0.2) is 11.6 Å². The van der Waals surface area contributed by atoms with Crippen molar-refractivity contribution in [2.75, 3.05) is 26.0 Å². The number of nitrogens with zero attached hydrogens (tertiary/aromatic N) is 3. The number of hydrogen-bond donors (Lipinski definition) is 1. The Kier molecular flexibility index (Phi) is 5.44. The maximum atomic E-state index is 13.7. The summed E-state index contributed by atoms with van der Waals surface area (Å²) in [6, 6.07) is 8.86. The minimum absolute atomic E-state index is 0.00367. The summed E-state index contributed by atoms with van der Waals surface area (Å²) in [6.07, 6.45) is 4.47. The molecule has 2 heterocycles. The van der Waals surface area contributed by atoms with Gasteiger partial charge in [0.25, 0.3) is 5.91 Å². The van der Waals surface area contributed by atoms with Gasteiger partial charge in [-0.25, -0.2) is 9.37 Å². The molecule has 0 unspecified atom stereocenters. The number of ether oxygens (including phenoxy) is 1. The number of carbonyl (C=O) groups excluding carboxylic acids is 1. The van der Waals surface area contributed by atoms with E-state index in [0.717, 1.165) is 40.2 Å². The zero-order chi connectivity index (χ0) is 21.3. The van der Waals surface area contributed by atoms with Crippen molar-refractivity contribution in [1.29, 1.82) is 0 Å². The van der Waals surface area contributed by atoms with Gasteiger partial charge in [0.05, 0.1) is 13.7 Å². The third-order valence-corrected chi connectivity index (χ3v) is 5.56. The summed E-state index contributed by atoms with van der Waals surface area (Å²) in [5.74, 6) is 0.570. The smallest absolute Gasteiger partial charge is 0.254 e. The van der Waals surface area contributed by atoms with Crippen molar-refractivity contribution in [2.24, 2.45) is 0 Å². The van der Waals surface area contributed by atoms with Crippen LogP contribution in [0, 0.1) is 12.7 Å². The summed E-state index contributed by atoms with van der Waals surface area (Å²) >= 11 is 0. The maximum absolute atomic E-state index is 13.7. The van der Waals surface area contributed by atoms with Crippen LogP contribution in [0.15, 0.2) is 42.7 Å². The molecule has 0 atom stereocenters. The number of methoxy groups -OCH3 is 1. The fourth-order valence-corrected chi connectivity index (χ4v) is 4.06. The van der Waals surface area contributed by atoms with Gasteiger partial charge in [-0.1, -0.05) is 12.1 Å². The lowest BCUT2D eigenvalue weighted by atomic mass is 9.92. The van der Waals surface area contributed by atoms with Gasteiger partial charge in [-0.05, 0) is 53.8 Å². The lowest BCUT2D eigenvalue weighted by Gasteiger charge is -2.30. The van der Waals surface area contributed by atoms with Crippen LogP contribution in [0.4, 0.5) is 10.3 Å². The number of nitrogens with one attached hydrogen (secondary N) is 1. The van der Waals surface area contributed by atoms with Crippen LogP contribution in [0.5, 0.6) is 5.75 Å². The average Bonchev–Trinajstić information content (AvgIpc) is 3.19. The first-order valence-corrected chi connectivity index (χ1v) is 9.93. The van der Waals surface area contributed by atoms with Crippen LogP contribution in [-0.4, -0.2) is 41.1 Å². The molecule has 0 aliphatic carbocycles. The Balaban J connectivity index is 1.59. The Bertz CT molecular complexity index is 1090. The zero-order valence-corrected chi connectivity index (χ0v) is 17.4. The van der Waals surface area contributed by atoms with Gasteiger partial charge in [0.2, 0.25) is 5.95 Å². The second-order valence-electron chi connectivity index (χ2n) is 7.51. The standard InChI is InChI=1S/C23H25FN4O2/c1-15-10-17(14-28-9-7-26-23(28)25-2)11-19-18(15)6-8-27(22(19)29)13-16-4-5-20(24)21(12-16)30-3/h4-5,7,9-12H,6,8,13-14H2,1-3H3,(H,25,26). The summed E-state index contributed by atoms with van der Waals surface area (Å²) in [7, 11) is 3.28. The summed E-state index contributed by atoms with van der Waals surface area (Å²) in [6.45, 7) is 3.75. The molecular formula is C23H25FN4O2. The van der Waals surface area contributed by atoms with E-state index in [4.69, 9.17) is 4.74 Å². The van der Waals surface area contributed by atoms with Gasteiger partial charge >= 0.3 is 0 Å². The molecule has 0 spiro atoms. The summed E-state index contributed by atoms with van der Waals surface area (Å²) in [5.41, 5.74) is 4.88. The van der Waals surface area contributed by atoms with E-state index in [1.807, 2.05) is 28.8 Å². The predicted molar refractivity (Wildman–Crippen MR) is 113 cm³/mol. The highest BCUT2D eigenvalue weighted by molar-refractivity contribution is 5.97. The van der Waals surface area contributed by atoms with Crippen molar-refractivity contribution in [1.82, 2.24) is 14.5 Å². The number of hydrogen-bond acceptors (Lipinski definition) is 4. The SMILES string of the molecule is CNc1nccn1Cc1cc(C)c2c(c1)C(=O)N(Cc1ccc(F)c(OC)c1)CC2. The Hall–Kier alpha value is -3.35. The van der Waals surface area contributed by atoms with Crippen LogP contribution in [0.3, 0.4) is 0 Å². The number of aryl methyl sites for hydroxylation is 1. The molecule has 0 saturated carbocycles. The first-order valence-electron chi connectivity index (χ1n) is 9.93. The highest BCUT2D eigenvalue weighted by atomic mass is 19.1. The van der Waals surface area contributed by atoms with E-state index >= 15 is 0 Å². The van der Waals surface area contributed by atoms with Gasteiger partial charge < -0.3 is 19.5 Å². The average molecular weight is 408 g/mol. The van der Waals surface area contributed by atoms with E-state index < -0.39 is 5.82 Å². The van der Waals surface area contributed by atoms with Crippen LogP contribution in [0.1, 0.15) is 32.6 Å². The second-order valence-corrected chi connectivity index (χ2v) is 7.51.